The molecule has 20 heavy (non-hydrogen) atoms. The summed E-state index contributed by atoms with van der Waals surface area (Å²) in [5, 5.41) is 13.5. The molecule has 0 aromatic carbocycles. The number of carboxylic acid groups (broad SMARTS) is 1. The molecule has 0 unspecified atom stereocenters. The SMILES string of the molecule is CCc1nn(CCN2C[C@@H](C)O[C@@H](C)C2)cc1C(=O)O. The summed E-state index contributed by atoms with van der Waals surface area (Å²) >= 11 is 0. The Hall–Kier alpha value is -1.40. The third-order valence-electron chi connectivity index (χ3n) is 3.54. The Morgan fingerprint density at radius 1 is 1.40 bits per heavy atom. The van der Waals surface area contributed by atoms with Crippen molar-refractivity contribution in [3.05, 3.63) is 17.5 Å². The van der Waals surface area contributed by atoms with Crippen LogP contribution in [0.1, 0.15) is 36.8 Å². The average molecular weight is 281 g/mol. The Morgan fingerprint density at radius 3 is 2.55 bits per heavy atom. The highest BCUT2D eigenvalue weighted by Gasteiger charge is 2.22. The van der Waals surface area contributed by atoms with E-state index >= 15 is 0 Å². The summed E-state index contributed by atoms with van der Waals surface area (Å²) in [5.74, 6) is -0.901. The highest BCUT2D eigenvalue weighted by molar-refractivity contribution is 5.88. The first-order valence-corrected chi connectivity index (χ1v) is 7.17. The molecule has 1 aliphatic heterocycles. The molecule has 0 bridgehead atoms. The third kappa shape index (κ3) is 3.58. The molecule has 2 heterocycles. The summed E-state index contributed by atoms with van der Waals surface area (Å²) < 4.78 is 7.44. The van der Waals surface area contributed by atoms with Crippen molar-refractivity contribution >= 4 is 5.97 Å². The molecule has 0 radical (unpaired) electrons. The largest absolute Gasteiger partial charge is 0.478 e. The number of aromatic nitrogens is 2. The highest BCUT2D eigenvalue weighted by Crippen LogP contribution is 2.11. The van der Waals surface area contributed by atoms with Gasteiger partial charge in [-0.25, -0.2) is 4.79 Å². The van der Waals surface area contributed by atoms with Crippen LogP contribution in [0.15, 0.2) is 6.20 Å². The van der Waals surface area contributed by atoms with Crippen molar-refractivity contribution in [3.8, 4) is 0 Å². The van der Waals surface area contributed by atoms with Crippen LogP contribution < -0.4 is 0 Å². The Morgan fingerprint density at radius 2 is 2.05 bits per heavy atom. The predicted octanol–water partition coefficient (Wildman–Crippen LogP) is 1.25. The molecule has 112 valence electrons. The Labute approximate surface area is 119 Å². The van der Waals surface area contributed by atoms with Crippen LogP contribution in [0.2, 0.25) is 0 Å². The summed E-state index contributed by atoms with van der Waals surface area (Å²) in [6, 6.07) is 0. The molecule has 0 saturated carbocycles. The van der Waals surface area contributed by atoms with Gasteiger partial charge in [-0.15, -0.1) is 0 Å². The second-order valence-electron chi connectivity index (χ2n) is 5.43. The molecule has 1 saturated heterocycles. The first-order chi connectivity index (χ1) is 9.49. The lowest BCUT2D eigenvalue weighted by atomic mass is 10.2. The number of rotatable bonds is 5. The van der Waals surface area contributed by atoms with E-state index in [0.29, 0.717) is 24.2 Å². The molecule has 1 N–H and O–H groups in total. The van der Waals surface area contributed by atoms with Crippen LogP contribution in [0.3, 0.4) is 0 Å². The molecule has 0 amide bonds. The fraction of sp³-hybridized carbons (Fsp3) is 0.714. The zero-order valence-electron chi connectivity index (χ0n) is 12.4. The van der Waals surface area contributed by atoms with Crippen LogP contribution in [-0.2, 0) is 17.7 Å². The molecule has 6 nitrogen and oxygen atoms in total. The number of morpholine rings is 1. The number of hydrogen-bond acceptors (Lipinski definition) is 4. The maximum Gasteiger partial charge on any atom is 0.339 e. The van der Waals surface area contributed by atoms with Gasteiger partial charge in [-0.05, 0) is 20.3 Å². The summed E-state index contributed by atoms with van der Waals surface area (Å²) in [4.78, 5) is 13.4. The van der Waals surface area contributed by atoms with Crippen LogP contribution in [0.4, 0.5) is 0 Å². The molecule has 0 spiro atoms. The van der Waals surface area contributed by atoms with E-state index in [2.05, 4.69) is 23.8 Å². The zero-order chi connectivity index (χ0) is 14.7. The van der Waals surface area contributed by atoms with E-state index in [1.54, 1.807) is 10.9 Å². The normalized spacial score (nSPS) is 23.9. The molecule has 2 rings (SSSR count). The van der Waals surface area contributed by atoms with Gasteiger partial charge in [-0.3, -0.25) is 9.58 Å². The topological polar surface area (TPSA) is 67.6 Å². The maximum absolute atomic E-state index is 11.1. The van der Waals surface area contributed by atoms with Crippen LogP contribution in [0, 0.1) is 0 Å². The first kappa shape index (κ1) is 15.0. The summed E-state index contributed by atoms with van der Waals surface area (Å²) in [5.41, 5.74) is 0.970. The number of hydrogen-bond donors (Lipinski definition) is 1. The number of carbonyl (C=O) groups is 1. The van der Waals surface area contributed by atoms with Gasteiger partial charge >= 0.3 is 5.97 Å². The molecule has 0 aliphatic carbocycles. The molecular formula is C14H23N3O3. The number of nitrogens with zero attached hydrogens (tertiary/aromatic N) is 3. The van der Waals surface area contributed by atoms with E-state index in [4.69, 9.17) is 9.84 Å². The van der Waals surface area contributed by atoms with Gasteiger partial charge in [0.1, 0.15) is 5.56 Å². The Balaban J connectivity index is 1.95. The predicted molar refractivity (Wildman–Crippen MR) is 75.0 cm³/mol. The van der Waals surface area contributed by atoms with Crippen molar-refractivity contribution in [3.63, 3.8) is 0 Å². The molecule has 1 aromatic rings. The van der Waals surface area contributed by atoms with E-state index < -0.39 is 5.97 Å². The fourth-order valence-electron chi connectivity index (χ4n) is 2.73. The molecule has 1 aliphatic rings. The number of aromatic carboxylic acids is 1. The van der Waals surface area contributed by atoms with Gasteiger partial charge in [0.25, 0.3) is 0 Å². The lowest BCUT2D eigenvalue weighted by Gasteiger charge is -2.35. The minimum atomic E-state index is -0.901. The second-order valence-corrected chi connectivity index (χ2v) is 5.43. The van der Waals surface area contributed by atoms with E-state index in [0.717, 1.165) is 19.6 Å². The minimum Gasteiger partial charge on any atom is -0.478 e. The Bertz CT molecular complexity index is 462. The van der Waals surface area contributed by atoms with Gasteiger partial charge < -0.3 is 9.84 Å². The molecule has 2 atom stereocenters. The van der Waals surface area contributed by atoms with Crippen molar-refractivity contribution in [2.24, 2.45) is 0 Å². The van der Waals surface area contributed by atoms with Gasteiger partial charge in [-0.1, -0.05) is 6.92 Å². The standard InChI is InChI=1S/C14H23N3O3/c1-4-13-12(14(18)19)9-17(15-13)6-5-16-7-10(2)20-11(3)8-16/h9-11H,4-8H2,1-3H3,(H,18,19)/t10-,11+. The molecule has 1 aromatic heterocycles. The van der Waals surface area contributed by atoms with Crippen molar-refractivity contribution in [1.29, 1.82) is 0 Å². The number of carboxylic acids is 1. The first-order valence-electron chi connectivity index (χ1n) is 7.17. The zero-order valence-corrected chi connectivity index (χ0v) is 12.4. The van der Waals surface area contributed by atoms with Gasteiger partial charge in [-0.2, -0.15) is 5.10 Å². The summed E-state index contributed by atoms with van der Waals surface area (Å²) in [6.07, 6.45) is 2.77. The van der Waals surface area contributed by atoms with Crippen LogP contribution in [0.25, 0.3) is 0 Å². The summed E-state index contributed by atoms with van der Waals surface area (Å²) in [7, 11) is 0. The second kappa shape index (κ2) is 6.37. The van der Waals surface area contributed by atoms with Crippen LogP contribution in [0.5, 0.6) is 0 Å². The van der Waals surface area contributed by atoms with Crippen LogP contribution >= 0.6 is 0 Å². The maximum atomic E-state index is 11.1. The fourth-order valence-corrected chi connectivity index (χ4v) is 2.73. The van der Waals surface area contributed by atoms with Crippen molar-refractivity contribution in [1.82, 2.24) is 14.7 Å². The molecule has 1 fully saturated rings. The third-order valence-corrected chi connectivity index (χ3v) is 3.54. The number of ether oxygens (including phenoxy) is 1. The smallest absolute Gasteiger partial charge is 0.339 e. The van der Waals surface area contributed by atoms with E-state index in [1.165, 1.54) is 0 Å². The van der Waals surface area contributed by atoms with Gasteiger partial charge in [0.2, 0.25) is 0 Å². The van der Waals surface area contributed by atoms with Crippen LogP contribution in [-0.4, -0.2) is 57.6 Å². The lowest BCUT2D eigenvalue weighted by molar-refractivity contribution is -0.0687. The van der Waals surface area contributed by atoms with Crippen molar-refractivity contribution in [2.75, 3.05) is 19.6 Å². The lowest BCUT2D eigenvalue weighted by Crippen LogP contribution is -2.46. The van der Waals surface area contributed by atoms with Crippen molar-refractivity contribution < 1.29 is 14.6 Å². The van der Waals surface area contributed by atoms with Crippen molar-refractivity contribution in [2.45, 2.75) is 45.9 Å². The number of aryl methyl sites for hydroxylation is 1. The monoisotopic (exact) mass is 281 g/mol. The van der Waals surface area contributed by atoms with E-state index in [-0.39, 0.29) is 12.2 Å². The van der Waals surface area contributed by atoms with Gasteiger partial charge in [0.15, 0.2) is 0 Å². The molecular weight excluding hydrogens is 258 g/mol. The average Bonchev–Trinajstić information content (AvgIpc) is 2.78. The van der Waals surface area contributed by atoms with Gasteiger partial charge in [0, 0.05) is 25.8 Å². The van der Waals surface area contributed by atoms with Gasteiger partial charge in [0.05, 0.1) is 24.4 Å². The van der Waals surface area contributed by atoms with E-state index in [9.17, 15) is 4.79 Å². The quantitative estimate of drug-likeness (QED) is 0.880. The highest BCUT2D eigenvalue weighted by atomic mass is 16.5. The molecule has 6 heteroatoms. The Kier molecular flexibility index (Phi) is 4.77. The van der Waals surface area contributed by atoms with E-state index in [1.807, 2.05) is 6.92 Å². The summed E-state index contributed by atoms with van der Waals surface area (Å²) in [6.45, 7) is 9.48. The minimum absolute atomic E-state index is 0.247.